The molecule has 1 rings (SSSR count). The zero-order chi connectivity index (χ0) is 11.3. The van der Waals surface area contributed by atoms with Crippen LogP contribution in [0.15, 0.2) is 0 Å². The normalized spacial score (nSPS) is 21.3. The van der Waals surface area contributed by atoms with E-state index in [1.54, 1.807) is 0 Å². The van der Waals surface area contributed by atoms with E-state index >= 15 is 0 Å². The molecule has 0 aromatic carbocycles. The number of carbonyl (C=O) groups excluding carboxylic acids is 1. The molecule has 0 aromatic heterocycles. The fourth-order valence-electron chi connectivity index (χ4n) is 1.96. The van der Waals surface area contributed by atoms with E-state index in [9.17, 15) is 4.79 Å². The lowest BCUT2D eigenvalue weighted by molar-refractivity contribution is -0.147. The van der Waals surface area contributed by atoms with Crippen LogP contribution in [-0.4, -0.2) is 18.6 Å². The Bertz CT molecular complexity index is 200. The number of hydrogen-bond acceptors (Lipinski definition) is 3. The fraction of sp³-hybridized carbons (Fsp3) is 0.917. The van der Waals surface area contributed by atoms with Gasteiger partial charge in [-0.05, 0) is 24.7 Å². The van der Waals surface area contributed by atoms with Crippen LogP contribution in [0.1, 0.15) is 46.0 Å². The summed E-state index contributed by atoms with van der Waals surface area (Å²) in [5.74, 6) is 0.565. The molecule has 0 amide bonds. The second-order valence-electron chi connectivity index (χ2n) is 4.69. The molecule has 0 heterocycles. The highest BCUT2D eigenvalue weighted by Gasteiger charge is 2.23. The lowest BCUT2D eigenvalue weighted by atomic mass is 10.0. The maximum Gasteiger partial charge on any atom is 0.323 e. The van der Waals surface area contributed by atoms with Crippen molar-refractivity contribution in [1.29, 1.82) is 0 Å². The molecular formula is C12H23NO2. The first kappa shape index (κ1) is 12.5. The summed E-state index contributed by atoms with van der Waals surface area (Å²) in [6, 6.07) is -0.448. The molecule has 3 nitrogen and oxygen atoms in total. The fourth-order valence-corrected chi connectivity index (χ4v) is 1.96. The first-order valence-electron chi connectivity index (χ1n) is 6.07. The minimum absolute atomic E-state index is 0.209. The predicted molar refractivity (Wildman–Crippen MR) is 60.3 cm³/mol. The molecule has 0 aliphatic heterocycles. The Labute approximate surface area is 92.4 Å². The van der Waals surface area contributed by atoms with E-state index in [0.29, 0.717) is 12.5 Å². The van der Waals surface area contributed by atoms with Crippen LogP contribution in [0.25, 0.3) is 0 Å². The second-order valence-corrected chi connectivity index (χ2v) is 4.69. The third-order valence-electron chi connectivity index (χ3n) is 3.47. The average Bonchev–Trinajstić information content (AvgIpc) is 2.76. The van der Waals surface area contributed by atoms with E-state index in [0.717, 1.165) is 6.42 Å². The predicted octanol–water partition coefficient (Wildman–Crippen LogP) is 2.09. The Morgan fingerprint density at radius 1 is 1.47 bits per heavy atom. The molecule has 2 N–H and O–H groups in total. The first-order valence-corrected chi connectivity index (χ1v) is 6.07. The van der Waals surface area contributed by atoms with Crippen LogP contribution in [0.5, 0.6) is 0 Å². The van der Waals surface area contributed by atoms with Crippen molar-refractivity contribution in [2.75, 3.05) is 6.61 Å². The van der Waals surface area contributed by atoms with Crippen molar-refractivity contribution >= 4 is 5.97 Å². The maximum absolute atomic E-state index is 11.6. The second kappa shape index (κ2) is 6.11. The minimum Gasteiger partial charge on any atom is -0.464 e. The number of hydrogen-bond donors (Lipinski definition) is 1. The third kappa shape index (κ3) is 3.82. The first-order chi connectivity index (χ1) is 7.15. The van der Waals surface area contributed by atoms with Gasteiger partial charge in [-0.2, -0.15) is 0 Å². The van der Waals surface area contributed by atoms with Gasteiger partial charge in [-0.3, -0.25) is 4.79 Å². The number of rotatable bonds is 5. The summed E-state index contributed by atoms with van der Waals surface area (Å²) in [6.07, 6.45) is 5.87. The summed E-state index contributed by atoms with van der Waals surface area (Å²) < 4.78 is 5.25. The Morgan fingerprint density at radius 3 is 2.60 bits per heavy atom. The Kier molecular flexibility index (Phi) is 5.09. The lowest BCUT2D eigenvalue weighted by Crippen LogP contribution is -2.38. The molecule has 1 aliphatic rings. The van der Waals surface area contributed by atoms with Gasteiger partial charge in [0.2, 0.25) is 0 Å². The smallest absolute Gasteiger partial charge is 0.323 e. The quantitative estimate of drug-likeness (QED) is 0.711. The van der Waals surface area contributed by atoms with Gasteiger partial charge in [0.1, 0.15) is 6.04 Å². The highest BCUT2D eigenvalue weighted by atomic mass is 16.5. The SMILES string of the molecule is CCC(C)[C@H](N)C(=O)OCC1CCCC1. The molecule has 1 saturated carbocycles. The lowest BCUT2D eigenvalue weighted by Gasteiger charge is -2.18. The van der Waals surface area contributed by atoms with Crippen molar-refractivity contribution in [2.24, 2.45) is 17.6 Å². The molecule has 1 aliphatic carbocycles. The molecule has 15 heavy (non-hydrogen) atoms. The highest BCUT2D eigenvalue weighted by Crippen LogP contribution is 2.24. The summed E-state index contributed by atoms with van der Waals surface area (Å²) in [5.41, 5.74) is 5.78. The molecule has 0 radical (unpaired) electrons. The van der Waals surface area contributed by atoms with E-state index in [1.165, 1.54) is 25.7 Å². The van der Waals surface area contributed by atoms with Crippen LogP contribution >= 0.6 is 0 Å². The molecule has 1 unspecified atom stereocenters. The average molecular weight is 213 g/mol. The van der Waals surface area contributed by atoms with E-state index < -0.39 is 6.04 Å². The monoisotopic (exact) mass is 213 g/mol. The van der Waals surface area contributed by atoms with Gasteiger partial charge in [0.25, 0.3) is 0 Å². The van der Waals surface area contributed by atoms with E-state index in [-0.39, 0.29) is 11.9 Å². The summed E-state index contributed by atoms with van der Waals surface area (Å²) >= 11 is 0. The zero-order valence-corrected chi connectivity index (χ0v) is 9.87. The largest absolute Gasteiger partial charge is 0.464 e. The van der Waals surface area contributed by atoms with Gasteiger partial charge in [0.15, 0.2) is 0 Å². The molecule has 2 atom stereocenters. The molecule has 1 fully saturated rings. The standard InChI is InChI=1S/C12H23NO2/c1-3-9(2)11(13)12(14)15-8-10-6-4-5-7-10/h9-11H,3-8,13H2,1-2H3/t9?,11-/m0/s1. The van der Waals surface area contributed by atoms with Gasteiger partial charge < -0.3 is 10.5 Å². The van der Waals surface area contributed by atoms with Crippen molar-refractivity contribution in [3.05, 3.63) is 0 Å². The van der Waals surface area contributed by atoms with Crippen molar-refractivity contribution in [3.63, 3.8) is 0 Å². The molecule has 3 heteroatoms. The molecule has 0 aromatic rings. The Morgan fingerprint density at radius 2 is 2.07 bits per heavy atom. The van der Waals surface area contributed by atoms with E-state index in [1.807, 2.05) is 13.8 Å². The van der Waals surface area contributed by atoms with Crippen LogP contribution in [0.4, 0.5) is 0 Å². The summed E-state index contributed by atoms with van der Waals surface area (Å²) in [5, 5.41) is 0. The van der Waals surface area contributed by atoms with Gasteiger partial charge in [0.05, 0.1) is 6.61 Å². The van der Waals surface area contributed by atoms with E-state index in [2.05, 4.69) is 0 Å². The van der Waals surface area contributed by atoms with Crippen molar-refractivity contribution < 1.29 is 9.53 Å². The van der Waals surface area contributed by atoms with E-state index in [4.69, 9.17) is 10.5 Å². The summed E-state index contributed by atoms with van der Waals surface area (Å²) in [7, 11) is 0. The number of carbonyl (C=O) groups is 1. The van der Waals surface area contributed by atoms with Gasteiger partial charge >= 0.3 is 5.97 Å². The van der Waals surface area contributed by atoms with Crippen LogP contribution in [-0.2, 0) is 9.53 Å². The van der Waals surface area contributed by atoms with Crippen molar-refractivity contribution in [2.45, 2.75) is 52.0 Å². The van der Waals surface area contributed by atoms with Crippen LogP contribution in [0.3, 0.4) is 0 Å². The van der Waals surface area contributed by atoms with Gasteiger partial charge in [-0.15, -0.1) is 0 Å². The number of nitrogens with two attached hydrogens (primary N) is 1. The topological polar surface area (TPSA) is 52.3 Å². The van der Waals surface area contributed by atoms with Crippen molar-refractivity contribution in [3.8, 4) is 0 Å². The summed E-state index contributed by atoms with van der Waals surface area (Å²) in [6.45, 7) is 4.60. The van der Waals surface area contributed by atoms with Crippen LogP contribution in [0.2, 0.25) is 0 Å². The maximum atomic E-state index is 11.6. The molecule has 88 valence electrons. The summed E-state index contributed by atoms with van der Waals surface area (Å²) in [4.78, 5) is 11.6. The molecular weight excluding hydrogens is 190 g/mol. The van der Waals surface area contributed by atoms with Gasteiger partial charge in [-0.25, -0.2) is 0 Å². The third-order valence-corrected chi connectivity index (χ3v) is 3.47. The zero-order valence-electron chi connectivity index (χ0n) is 9.87. The molecule has 0 saturated heterocycles. The van der Waals surface area contributed by atoms with Gasteiger partial charge in [-0.1, -0.05) is 33.1 Å². The Balaban J connectivity index is 2.22. The number of ether oxygens (including phenoxy) is 1. The van der Waals surface area contributed by atoms with Crippen LogP contribution < -0.4 is 5.73 Å². The number of esters is 1. The Hall–Kier alpha value is -0.570. The molecule has 0 spiro atoms. The highest BCUT2D eigenvalue weighted by molar-refractivity contribution is 5.75. The van der Waals surface area contributed by atoms with Crippen molar-refractivity contribution in [1.82, 2.24) is 0 Å². The van der Waals surface area contributed by atoms with Crippen LogP contribution in [0, 0.1) is 11.8 Å². The minimum atomic E-state index is -0.448. The van der Waals surface area contributed by atoms with Gasteiger partial charge in [0, 0.05) is 0 Å². The molecule has 0 bridgehead atoms.